The Bertz CT molecular complexity index is 586. The molecule has 0 saturated carbocycles. The number of allylic oxidation sites excluding steroid dienone is 2. The van der Waals surface area contributed by atoms with Crippen molar-refractivity contribution in [1.82, 2.24) is 5.43 Å². The normalized spacial score (nSPS) is 17.6. The van der Waals surface area contributed by atoms with Crippen LogP contribution in [0.15, 0.2) is 41.5 Å². The Morgan fingerprint density at radius 3 is 2.95 bits per heavy atom. The van der Waals surface area contributed by atoms with E-state index in [1.807, 2.05) is 6.21 Å². The molecule has 2 rings (SSSR count). The minimum atomic E-state index is -0.456. The maximum absolute atomic E-state index is 10.9. The highest BCUT2D eigenvalue weighted by atomic mass is 32.1. The summed E-state index contributed by atoms with van der Waals surface area (Å²) in [5.41, 5.74) is 3.01. The smallest absolute Gasteiger partial charge is 0.292 e. The third-order valence-corrected chi connectivity index (χ3v) is 3.30. The Balaban J connectivity index is 1.88. The molecule has 0 amide bonds. The number of nitrogens with one attached hydrogen (secondary N) is 2. The fraction of sp³-hybridized carbons (Fsp3) is 0.286. The number of hydrogen-bond donors (Lipinski definition) is 2. The standard InChI is InChI=1S/C14H16N4O2S/c19-18(20)13-9-5-4-8-12(13)16-14(21)17-15-10-11-6-2-1-3-7-11/h1-2,4-5,8-11H,3,6-7H2,(H2,16,17,21)/b15-10-/t11-/m1/s1. The molecule has 0 unspecified atom stereocenters. The van der Waals surface area contributed by atoms with E-state index in [9.17, 15) is 10.1 Å². The predicted molar refractivity (Wildman–Crippen MR) is 87.4 cm³/mol. The molecule has 0 radical (unpaired) electrons. The summed E-state index contributed by atoms with van der Waals surface area (Å²) in [7, 11) is 0. The van der Waals surface area contributed by atoms with Gasteiger partial charge in [-0.1, -0.05) is 24.3 Å². The van der Waals surface area contributed by atoms with Crippen molar-refractivity contribution in [2.24, 2.45) is 11.0 Å². The van der Waals surface area contributed by atoms with Crippen molar-refractivity contribution in [3.05, 3.63) is 46.5 Å². The molecule has 7 heteroatoms. The summed E-state index contributed by atoms with van der Waals surface area (Å²) in [6.45, 7) is 0. The highest BCUT2D eigenvalue weighted by Gasteiger charge is 2.13. The Morgan fingerprint density at radius 2 is 2.24 bits per heavy atom. The molecule has 6 nitrogen and oxygen atoms in total. The number of hydrogen-bond acceptors (Lipinski definition) is 4. The Kier molecular flexibility index (Phi) is 5.39. The lowest BCUT2D eigenvalue weighted by Gasteiger charge is -2.12. The molecule has 21 heavy (non-hydrogen) atoms. The van der Waals surface area contributed by atoms with Gasteiger partial charge in [0.15, 0.2) is 5.11 Å². The first-order valence-corrected chi connectivity index (χ1v) is 7.06. The molecule has 0 fully saturated rings. The van der Waals surface area contributed by atoms with Crippen LogP contribution in [0.3, 0.4) is 0 Å². The molecule has 1 aromatic carbocycles. The molecule has 2 N–H and O–H groups in total. The minimum absolute atomic E-state index is 0.0250. The maximum Gasteiger partial charge on any atom is 0.292 e. The van der Waals surface area contributed by atoms with Crippen LogP contribution >= 0.6 is 12.2 Å². The molecule has 0 spiro atoms. The van der Waals surface area contributed by atoms with E-state index < -0.39 is 4.92 Å². The summed E-state index contributed by atoms with van der Waals surface area (Å²) in [5, 5.41) is 18.0. The van der Waals surface area contributed by atoms with E-state index in [4.69, 9.17) is 12.2 Å². The van der Waals surface area contributed by atoms with Gasteiger partial charge in [0, 0.05) is 12.3 Å². The van der Waals surface area contributed by atoms with Gasteiger partial charge in [0.1, 0.15) is 5.69 Å². The number of nitro groups is 1. The summed E-state index contributed by atoms with van der Waals surface area (Å²) < 4.78 is 0. The van der Waals surface area contributed by atoms with E-state index in [1.165, 1.54) is 6.07 Å². The number of nitrogens with zero attached hydrogens (tertiary/aromatic N) is 2. The monoisotopic (exact) mass is 304 g/mol. The number of thiocarbonyl (C=S) groups is 1. The van der Waals surface area contributed by atoms with E-state index in [-0.39, 0.29) is 10.8 Å². The molecule has 0 saturated heterocycles. The molecule has 1 atom stereocenters. The molecule has 0 bridgehead atoms. The quantitative estimate of drug-likeness (QED) is 0.293. The zero-order chi connectivity index (χ0) is 15.1. The molecule has 1 aliphatic rings. The van der Waals surface area contributed by atoms with Crippen molar-refractivity contribution in [3.8, 4) is 0 Å². The molecule has 0 aliphatic heterocycles. The predicted octanol–water partition coefficient (Wildman–Crippen LogP) is 3.22. The van der Waals surface area contributed by atoms with Gasteiger partial charge in [-0.2, -0.15) is 5.10 Å². The molecule has 1 aromatic rings. The van der Waals surface area contributed by atoms with Crippen LogP contribution in [0.1, 0.15) is 19.3 Å². The van der Waals surface area contributed by atoms with Gasteiger partial charge in [-0.05, 0) is 43.5 Å². The SMILES string of the molecule is O=[N+]([O-])c1ccccc1NC(=S)N/N=C\[C@@H]1CC=CCC1. The number of benzene rings is 1. The topological polar surface area (TPSA) is 79.6 Å². The van der Waals surface area contributed by atoms with E-state index >= 15 is 0 Å². The number of nitro benzene ring substituents is 1. The Hall–Kier alpha value is -2.28. The Labute approximate surface area is 128 Å². The average Bonchev–Trinajstić information content (AvgIpc) is 2.48. The van der Waals surface area contributed by atoms with Crippen LogP contribution in [-0.2, 0) is 0 Å². The highest BCUT2D eigenvalue weighted by Crippen LogP contribution is 2.22. The van der Waals surface area contributed by atoms with Crippen molar-refractivity contribution in [2.75, 3.05) is 5.32 Å². The zero-order valence-corrected chi connectivity index (χ0v) is 12.2. The lowest BCUT2D eigenvalue weighted by atomic mass is 9.96. The number of para-hydroxylation sites is 2. The Morgan fingerprint density at radius 1 is 1.43 bits per heavy atom. The number of rotatable bonds is 4. The molecular formula is C14H16N4O2S. The first-order valence-electron chi connectivity index (χ1n) is 6.65. The van der Waals surface area contributed by atoms with Gasteiger partial charge in [-0.15, -0.1) is 0 Å². The third kappa shape index (κ3) is 4.64. The fourth-order valence-electron chi connectivity index (χ4n) is 2.04. The van der Waals surface area contributed by atoms with E-state index in [2.05, 4.69) is 28.0 Å². The maximum atomic E-state index is 10.9. The van der Waals surface area contributed by atoms with Gasteiger partial charge < -0.3 is 5.32 Å². The summed E-state index contributed by atoms with van der Waals surface area (Å²) in [5.74, 6) is 0.413. The number of hydrazone groups is 1. The van der Waals surface area contributed by atoms with Crippen LogP contribution in [0.2, 0.25) is 0 Å². The van der Waals surface area contributed by atoms with E-state index in [0.29, 0.717) is 11.6 Å². The van der Waals surface area contributed by atoms with Gasteiger partial charge in [0.05, 0.1) is 4.92 Å². The average molecular weight is 304 g/mol. The summed E-state index contributed by atoms with van der Waals surface area (Å²) >= 11 is 5.08. The molecule has 0 heterocycles. The highest BCUT2D eigenvalue weighted by molar-refractivity contribution is 7.80. The largest absolute Gasteiger partial charge is 0.326 e. The lowest BCUT2D eigenvalue weighted by molar-refractivity contribution is -0.383. The van der Waals surface area contributed by atoms with Gasteiger partial charge in [0.25, 0.3) is 5.69 Å². The summed E-state index contributed by atoms with van der Waals surface area (Å²) in [6.07, 6.45) is 9.26. The fourth-order valence-corrected chi connectivity index (χ4v) is 2.21. The van der Waals surface area contributed by atoms with Crippen molar-refractivity contribution < 1.29 is 4.92 Å². The van der Waals surface area contributed by atoms with Gasteiger partial charge >= 0.3 is 0 Å². The van der Waals surface area contributed by atoms with Gasteiger partial charge in [-0.3, -0.25) is 15.5 Å². The van der Waals surface area contributed by atoms with Crippen LogP contribution in [0.4, 0.5) is 11.4 Å². The first-order chi connectivity index (χ1) is 10.2. The summed E-state index contributed by atoms with van der Waals surface area (Å²) in [6, 6.07) is 6.33. The van der Waals surface area contributed by atoms with Crippen LogP contribution in [-0.4, -0.2) is 16.3 Å². The van der Waals surface area contributed by atoms with Crippen LogP contribution in [0.25, 0.3) is 0 Å². The van der Waals surface area contributed by atoms with E-state index in [0.717, 1.165) is 19.3 Å². The van der Waals surface area contributed by atoms with Crippen molar-refractivity contribution in [1.29, 1.82) is 0 Å². The molecule has 1 aliphatic carbocycles. The van der Waals surface area contributed by atoms with Gasteiger partial charge in [-0.25, -0.2) is 0 Å². The zero-order valence-electron chi connectivity index (χ0n) is 11.4. The van der Waals surface area contributed by atoms with Crippen LogP contribution in [0, 0.1) is 16.0 Å². The molecule has 0 aromatic heterocycles. The summed E-state index contributed by atoms with van der Waals surface area (Å²) in [4.78, 5) is 10.4. The third-order valence-electron chi connectivity index (χ3n) is 3.11. The van der Waals surface area contributed by atoms with Crippen molar-refractivity contribution in [3.63, 3.8) is 0 Å². The second kappa shape index (κ2) is 7.49. The van der Waals surface area contributed by atoms with Crippen molar-refractivity contribution >= 4 is 34.9 Å². The van der Waals surface area contributed by atoms with Crippen molar-refractivity contribution in [2.45, 2.75) is 19.3 Å². The first kappa shape index (κ1) is 15.1. The van der Waals surface area contributed by atoms with Crippen LogP contribution < -0.4 is 10.7 Å². The number of anilines is 1. The second-order valence-electron chi connectivity index (χ2n) is 4.66. The van der Waals surface area contributed by atoms with Gasteiger partial charge in [0.2, 0.25) is 0 Å². The van der Waals surface area contributed by atoms with E-state index in [1.54, 1.807) is 18.2 Å². The minimum Gasteiger partial charge on any atom is -0.326 e. The second-order valence-corrected chi connectivity index (χ2v) is 5.07. The molecule has 110 valence electrons. The molecular weight excluding hydrogens is 288 g/mol. The lowest BCUT2D eigenvalue weighted by Crippen LogP contribution is -2.24. The van der Waals surface area contributed by atoms with Crippen LogP contribution in [0.5, 0.6) is 0 Å².